The van der Waals surface area contributed by atoms with Gasteiger partial charge in [0.25, 0.3) is 0 Å². The van der Waals surface area contributed by atoms with Crippen LogP contribution in [-0.2, 0) is 4.74 Å². The van der Waals surface area contributed by atoms with Crippen LogP contribution in [-0.4, -0.2) is 24.4 Å². The van der Waals surface area contributed by atoms with Gasteiger partial charge >= 0.3 is 0 Å². The van der Waals surface area contributed by atoms with Crippen molar-refractivity contribution in [2.24, 2.45) is 0 Å². The van der Waals surface area contributed by atoms with E-state index in [0.29, 0.717) is 5.75 Å². The Kier molecular flexibility index (Phi) is 5.38. The van der Waals surface area contributed by atoms with Crippen LogP contribution < -0.4 is 4.74 Å². The quantitative estimate of drug-likeness (QED) is 0.896. The number of aliphatic hydroxyl groups is 1. The maximum atomic E-state index is 13.5. The fourth-order valence-corrected chi connectivity index (χ4v) is 2.76. The maximum Gasteiger partial charge on any atom is 0.124 e. The van der Waals surface area contributed by atoms with Gasteiger partial charge < -0.3 is 14.6 Å². The third kappa shape index (κ3) is 3.70. The van der Waals surface area contributed by atoms with Gasteiger partial charge in [0.1, 0.15) is 11.6 Å². The molecule has 1 aromatic rings. The molecule has 0 unspecified atom stereocenters. The Bertz CT molecular complexity index is 428. The van der Waals surface area contributed by atoms with E-state index < -0.39 is 0 Å². The van der Waals surface area contributed by atoms with Crippen LogP contribution in [0.15, 0.2) is 18.2 Å². The molecule has 0 radical (unpaired) electrons. The van der Waals surface area contributed by atoms with E-state index in [1.165, 1.54) is 12.1 Å². The van der Waals surface area contributed by atoms with Gasteiger partial charge in [0, 0.05) is 5.56 Å². The van der Waals surface area contributed by atoms with Crippen LogP contribution in [0.1, 0.15) is 50.7 Å². The summed E-state index contributed by atoms with van der Waals surface area (Å²) in [5.41, 5.74) is 0.765. The van der Waals surface area contributed by atoms with Crippen molar-refractivity contribution < 1.29 is 19.0 Å². The smallest absolute Gasteiger partial charge is 0.124 e. The number of rotatable bonds is 5. The first-order chi connectivity index (χ1) is 9.63. The number of benzene rings is 1. The summed E-state index contributed by atoms with van der Waals surface area (Å²) in [7, 11) is 1.58. The molecule has 0 heterocycles. The van der Waals surface area contributed by atoms with Crippen LogP contribution in [0.2, 0.25) is 0 Å². The highest BCUT2D eigenvalue weighted by Gasteiger charge is 2.24. The average Bonchev–Trinajstić information content (AvgIpc) is 2.46. The van der Waals surface area contributed by atoms with E-state index in [0.717, 1.165) is 37.7 Å². The largest absolute Gasteiger partial charge is 0.496 e. The summed E-state index contributed by atoms with van der Waals surface area (Å²) >= 11 is 0. The lowest BCUT2D eigenvalue weighted by Crippen LogP contribution is -2.26. The second-order valence-electron chi connectivity index (χ2n) is 5.35. The SMILES string of the molecule is CC[C@H](O[C@H]1CC[C@@H](O)CC1)c1cc(F)ccc1OC. The fourth-order valence-electron chi connectivity index (χ4n) is 2.76. The van der Waals surface area contributed by atoms with Gasteiger partial charge in [0.2, 0.25) is 0 Å². The Morgan fingerprint density at radius 1 is 1.30 bits per heavy atom. The summed E-state index contributed by atoms with van der Waals surface area (Å²) in [5, 5.41) is 9.53. The Morgan fingerprint density at radius 2 is 2.00 bits per heavy atom. The van der Waals surface area contributed by atoms with Crippen LogP contribution in [0.4, 0.5) is 4.39 Å². The number of halogens is 1. The van der Waals surface area contributed by atoms with Gasteiger partial charge in [0.05, 0.1) is 25.4 Å². The van der Waals surface area contributed by atoms with Gasteiger partial charge in [-0.15, -0.1) is 0 Å². The molecule has 3 nitrogen and oxygen atoms in total. The molecule has 0 amide bonds. The molecule has 0 aromatic heterocycles. The van der Waals surface area contributed by atoms with E-state index in [1.54, 1.807) is 13.2 Å². The van der Waals surface area contributed by atoms with Gasteiger partial charge in [0.15, 0.2) is 0 Å². The minimum absolute atomic E-state index is 0.135. The third-order valence-electron chi connectivity index (χ3n) is 3.91. The fraction of sp³-hybridized carbons (Fsp3) is 0.625. The summed E-state index contributed by atoms with van der Waals surface area (Å²) in [6.07, 6.45) is 3.81. The molecule has 1 atom stereocenters. The molecule has 0 aliphatic heterocycles. The summed E-state index contributed by atoms with van der Waals surface area (Å²) in [6.45, 7) is 2.02. The summed E-state index contributed by atoms with van der Waals surface area (Å²) in [5.74, 6) is 0.385. The molecule has 20 heavy (non-hydrogen) atoms. The highest BCUT2D eigenvalue weighted by Crippen LogP contribution is 2.34. The van der Waals surface area contributed by atoms with E-state index in [-0.39, 0.29) is 24.1 Å². The van der Waals surface area contributed by atoms with Crippen molar-refractivity contribution in [2.75, 3.05) is 7.11 Å². The first kappa shape index (κ1) is 15.3. The first-order valence-electron chi connectivity index (χ1n) is 7.31. The van der Waals surface area contributed by atoms with Crippen molar-refractivity contribution in [1.29, 1.82) is 0 Å². The molecule has 1 aromatic carbocycles. The molecule has 1 aliphatic carbocycles. The second kappa shape index (κ2) is 7.04. The lowest BCUT2D eigenvalue weighted by atomic mass is 9.94. The van der Waals surface area contributed by atoms with Gasteiger partial charge in [-0.1, -0.05) is 6.92 Å². The Balaban J connectivity index is 2.09. The Labute approximate surface area is 119 Å². The zero-order chi connectivity index (χ0) is 14.5. The molecule has 1 aliphatic rings. The minimum Gasteiger partial charge on any atom is -0.496 e. The molecule has 1 N–H and O–H groups in total. The molecule has 0 spiro atoms. The standard InChI is InChI=1S/C16H23FO3/c1-3-15(20-13-7-5-12(18)6-8-13)14-10-11(17)4-9-16(14)19-2/h4,9-10,12-13,15,18H,3,5-8H2,1-2H3/t12-,13+,15-/m0/s1. The normalized spacial score (nSPS) is 24.4. The third-order valence-corrected chi connectivity index (χ3v) is 3.91. The molecule has 1 saturated carbocycles. The first-order valence-corrected chi connectivity index (χ1v) is 7.31. The Hall–Kier alpha value is -1.13. The molecule has 4 heteroatoms. The Morgan fingerprint density at radius 3 is 2.60 bits per heavy atom. The summed E-state index contributed by atoms with van der Waals surface area (Å²) in [6, 6.07) is 4.53. The lowest BCUT2D eigenvalue weighted by molar-refractivity contribution is -0.0515. The van der Waals surface area contributed by atoms with Gasteiger partial charge in [-0.05, 0) is 50.3 Å². The van der Waals surface area contributed by atoms with E-state index in [9.17, 15) is 9.50 Å². The highest BCUT2D eigenvalue weighted by molar-refractivity contribution is 5.35. The topological polar surface area (TPSA) is 38.7 Å². The molecule has 112 valence electrons. The predicted molar refractivity (Wildman–Crippen MR) is 75.3 cm³/mol. The predicted octanol–water partition coefficient (Wildman–Crippen LogP) is 3.61. The van der Waals surface area contributed by atoms with Gasteiger partial charge in [-0.25, -0.2) is 4.39 Å². The lowest BCUT2D eigenvalue weighted by Gasteiger charge is -2.30. The second-order valence-corrected chi connectivity index (χ2v) is 5.35. The number of methoxy groups -OCH3 is 1. The highest BCUT2D eigenvalue weighted by atomic mass is 19.1. The van der Waals surface area contributed by atoms with Crippen LogP contribution in [0.25, 0.3) is 0 Å². The van der Waals surface area contributed by atoms with Crippen LogP contribution in [0.5, 0.6) is 5.75 Å². The van der Waals surface area contributed by atoms with Crippen LogP contribution >= 0.6 is 0 Å². The van der Waals surface area contributed by atoms with Crippen LogP contribution in [0, 0.1) is 5.82 Å². The minimum atomic E-state index is -0.276. The van der Waals surface area contributed by atoms with E-state index in [2.05, 4.69) is 0 Å². The van der Waals surface area contributed by atoms with Gasteiger partial charge in [-0.3, -0.25) is 0 Å². The number of ether oxygens (including phenoxy) is 2. The number of hydrogen-bond donors (Lipinski definition) is 1. The molecule has 0 saturated heterocycles. The van der Waals surface area contributed by atoms with Crippen molar-refractivity contribution in [2.45, 2.75) is 57.3 Å². The van der Waals surface area contributed by atoms with Crippen molar-refractivity contribution >= 4 is 0 Å². The number of aliphatic hydroxyl groups excluding tert-OH is 1. The van der Waals surface area contributed by atoms with Crippen molar-refractivity contribution in [3.63, 3.8) is 0 Å². The molecule has 2 rings (SSSR count). The van der Waals surface area contributed by atoms with E-state index in [4.69, 9.17) is 9.47 Å². The number of hydrogen-bond acceptors (Lipinski definition) is 3. The molecule has 0 bridgehead atoms. The summed E-state index contributed by atoms with van der Waals surface area (Å²) in [4.78, 5) is 0. The van der Waals surface area contributed by atoms with Crippen molar-refractivity contribution in [3.8, 4) is 5.75 Å². The molecule has 1 fully saturated rings. The van der Waals surface area contributed by atoms with Crippen LogP contribution in [0.3, 0.4) is 0 Å². The monoisotopic (exact) mass is 282 g/mol. The summed E-state index contributed by atoms with van der Waals surface area (Å²) < 4.78 is 24.9. The zero-order valence-electron chi connectivity index (χ0n) is 12.1. The maximum absolute atomic E-state index is 13.5. The van der Waals surface area contributed by atoms with Crippen molar-refractivity contribution in [3.05, 3.63) is 29.6 Å². The van der Waals surface area contributed by atoms with E-state index in [1.807, 2.05) is 6.92 Å². The van der Waals surface area contributed by atoms with Crippen molar-refractivity contribution in [1.82, 2.24) is 0 Å². The molecular weight excluding hydrogens is 259 g/mol. The molecular formula is C16H23FO3. The average molecular weight is 282 g/mol. The van der Waals surface area contributed by atoms with E-state index >= 15 is 0 Å². The van der Waals surface area contributed by atoms with Gasteiger partial charge in [-0.2, -0.15) is 0 Å². The zero-order valence-corrected chi connectivity index (χ0v) is 12.1.